The molecule has 0 bridgehead atoms. The minimum absolute atomic E-state index is 0.144. The van der Waals surface area contributed by atoms with Crippen LogP contribution in [0.1, 0.15) is 58.3 Å². The zero-order valence-electron chi connectivity index (χ0n) is 16.5. The Morgan fingerprint density at radius 1 is 1.00 bits per heavy atom. The van der Waals surface area contributed by atoms with Gasteiger partial charge < -0.3 is 9.80 Å². The van der Waals surface area contributed by atoms with Crippen molar-refractivity contribution in [3.8, 4) is 0 Å². The smallest absolute Gasteiger partial charge is 0.236 e. The first-order chi connectivity index (χ1) is 12.0. The lowest BCUT2D eigenvalue weighted by molar-refractivity contribution is -0.136. The summed E-state index contributed by atoms with van der Waals surface area (Å²) in [6.45, 7) is 6.07. The largest absolute Gasteiger partial charge is 0.348 e. The first-order valence-corrected chi connectivity index (χ1v) is 10.2. The second-order valence-electron chi connectivity index (χ2n) is 8.10. The Bertz CT molecular complexity index is 431. The minimum atomic E-state index is 0.144. The van der Waals surface area contributed by atoms with Crippen molar-refractivity contribution in [3.63, 3.8) is 0 Å². The summed E-state index contributed by atoms with van der Waals surface area (Å²) in [5.74, 6) is 1.61. The van der Waals surface area contributed by atoms with Crippen LogP contribution in [0.25, 0.3) is 0 Å². The van der Waals surface area contributed by atoms with Gasteiger partial charge in [-0.3, -0.25) is 14.5 Å². The van der Waals surface area contributed by atoms with Crippen LogP contribution in [0.2, 0.25) is 0 Å². The van der Waals surface area contributed by atoms with Crippen molar-refractivity contribution < 1.29 is 9.59 Å². The Balaban J connectivity index is 1.76. The predicted octanol–water partition coefficient (Wildman–Crippen LogP) is 2.61. The van der Waals surface area contributed by atoms with Gasteiger partial charge in [-0.25, -0.2) is 0 Å². The van der Waals surface area contributed by atoms with E-state index in [1.165, 1.54) is 32.1 Å². The molecule has 2 aliphatic rings. The van der Waals surface area contributed by atoms with Gasteiger partial charge in [0.2, 0.25) is 11.8 Å². The first-order valence-electron chi connectivity index (χ1n) is 10.2. The van der Waals surface area contributed by atoms with E-state index in [0.717, 1.165) is 51.4 Å². The fraction of sp³-hybridized carbons (Fsp3) is 0.900. The van der Waals surface area contributed by atoms with Crippen LogP contribution in [-0.2, 0) is 9.59 Å². The Kier molecular flexibility index (Phi) is 8.20. The molecule has 0 spiro atoms. The van der Waals surface area contributed by atoms with Gasteiger partial charge in [0.25, 0.3) is 0 Å². The molecule has 0 aromatic carbocycles. The van der Waals surface area contributed by atoms with E-state index in [9.17, 15) is 9.59 Å². The van der Waals surface area contributed by atoms with Crippen molar-refractivity contribution in [2.45, 2.75) is 58.3 Å². The van der Waals surface area contributed by atoms with E-state index >= 15 is 0 Å². The van der Waals surface area contributed by atoms with Gasteiger partial charge in [0.05, 0.1) is 6.54 Å². The molecule has 5 nitrogen and oxygen atoms in total. The van der Waals surface area contributed by atoms with E-state index in [4.69, 9.17) is 0 Å². The molecule has 2 rings (SSSR count). The number of hydrogen-bond donors (Lipinski definition) is 0. The Labute approximate surface area is 153 Å². The summed E-state index contributed by atoms with van der Waals surface area (Å²) >= 11 is 0. The quantitative estimate of drug-likeness (QED) is 0.739. The molecule has 144 valence electrons. The fourth-order valence-electron chi connectivity index (χ4n) is 4.13. The summed E-state index contributed by atoms with van der Waals surface area (Å²) in [5, 5.41) is 0. The molecule has 0 unspecified atom stereocenters. The highest BCUT2D eigenvalue weighted by atomic mass is 16.2. The molecule has 1 heterocycles. The number of likely N-dealkylation sites (N-methyl/N-ethyl adjacent to an activating group) is 1. The van der Waals surface area contributed by atoms with Gasteiger partial charge in [0.1, 0.15) is 0 Å². The van der Waals surface area contributed by atoms with Gasteiger partial charge in [-0.2, -0.15) is 0 Å². The van der Waals surface area contributed by atoms with Crippen molar-refractivity contribution >= 4 is 11.8 Å². The normalized spacial score (nSPS) is 25.5. The number of amides is 2. The molecule has 0 atom stereocenters. The third-order valence-electron chi connectivity index (χ3n) is 5.92. The molecule has 1 saturated heterocycles. The summed E-state index contributed by atoms with van der Waals surface area (Å²) in [4.78, 5) is 30.7. The van der Waals surface area contributed by atoms with E-state index in [0.29, 0.717) is 12.5 Å². The average Bonchev–Trinajstić information content (AvgIpc) is 2.85. The van der Waals surface area contributed by atoms with Gasteiger partial charge >= 0.3 is 0 Å². The van der Waals surface area contributed by atoms with Crippen molar-refractivity contribution in [2.75, 3.05) is 46.8 Å². The van der Waals surface area contributed by atoms with E-state index < -0.39 is 0 Å². The van der Waals surface area contributed by atoms with E-state index in [-0.39, 0.29) is 11.8 Å². The summed E-state index contributed by atoms with van der Waals surface area (Å²) in [5.41, 5.74) is 0. The average molecular weight is 352 g/mol. The molecule has 0 aromatic rings. The molecule has 25 heavy (non-hydrogen) atoms. The van der Waals surface area contributed by atoms with Gasteiger partial charge in [0, 0.05) is 46.2 Å². The minimum Gasteiger partial charge on any atom is -0.348 e. The molecule has 1 saturated carbocycles. The number of carbonyl (C=O) groups is 2. The predicted molar refractivity (Wildman–Crippen MR) is 101 cm³/mol. The van der Waals surface area contributed by atoms with Crippen molar-refractivity contribution in [1.82, 2.24) is 14.7 Å². The van der Waals surface area contributed by atoms with Gasteiger partial charge in [-0.1, -0.05) is 26.2 Å². The molecule has 1 aliphatic heterocycles. The zero-order chi connectivity index (χ0) is 18.2. The Morgan fingerprint density at radius 2 is 1.72 bits per heavy atom. The third-order valence-corrected chi connectivity index (χ3v) is 5.92. The van der Waals surface area contributed by atoms with Crippen molar-refractivity contribution in [1.29, 1.82) is 0 Å². The number of hydrogen-bond acceptors (Lipinski definition) is 3. The van der Waals surface area contributed by atoms with Gasteiger partial charge in [-0.15, -0.1) is 0 Å². The molecule has 2 amide bonds. The second-order valence-corrected chi connectivity index (χ2v) is 8.10. The molecule has 0 radical (unpaired) electrons. The summed E-state index contributed by atoms with van der Waals surface area (Å²) in [6, 6.07) is 0. The number of rotatable bonds is 6. The highest BCUT2D eigenvalue weighted by Gasteiger charge is 2.30. The SMILES string of the molecule is CCCCC1CCC(C(=O)N2CCCN(CC(=O)N(C)C)CC2)CC1. The lowest BCUT2D eigenvalue weighted by atomic mass is 9.79. The topological polar surface area (TPSA) is 43.9 Å². The van der Waals surface area contributed by atoms with Crippen LogP contribution in [0.15, 0.2) is 0 Å². The van der Waals surface area contributed by atoms with Crippen LogP contribution in [0.3, 0.4) is 0 Å². The second kappa shape index (κ2) is 10.1. The summed E-state index contributed by atoms with van der Waals surface area (Å²) in [7, 11) is 3.60. The highest BCUT2D eigenvalue weighted by Crippen LogP contribution is 2.33. The number of nitrogens with zero attached hydrogens (tertiary/aromatic N) is 3. The molecular weight excluding hydrogens is 314 g/mol. The molecule has 2 fully saturated rings. The third kappa shape index (κ3) is 6.28. The maximum Gasteiger partial charge on any atom is 0.236 e. The zero-order valence-corrected chi connectivity index (χ0v) is 16.5. The fourth-order valence-corrected chi connectivity index (χ4v) is 4.13. The van der Waals surface area contributed by atoms with Crippen LogP contribution < -0.4 is 0 Å². The van der Waals surface area contributed by atoms with Crippen LogP contribution in [-0.4, -0.2) is 73.3 Å². The monoisotopic (exact) mass is 351 g/mol. The Morgan fingerprint density at radius 3 is 2.36 bits per heavy atom. The molecular formula is C20H37N3O2. The molecule has 0 aromatic heterocycles. The van der Waals surface area contributed by atoms with E-state index in [2.05, 4.69) is 16.7 Å². The number of carbonyl (C=O) groups excluding carboxylic acids is 2. The Hall–Kier alpha value is -1.10. The lowest BCUT2D eigenvalue weighted by Crippen LogP contribution is -2.41. The lowest BCUT2D eigenvalue weighted by Gasteiger charge is -2.31. The summed E-state index contributed by atoms with van der Waals surface area (Å²) in [6.07, 6.45) is 9.53. The van der Waals surface area contributed by atoms with Crippen LogP contribution in [0, 0.1) is 11.8 Å². The van der Waals surface area contributed by atoms with Gasteiger partial charge in [-0.05, 0) is 38.0 Å². The van der Waals surface area contributed by atoms with Crippen LogP contribution in [0.4, 0.5) is 0 Å². The summed E-state index contributed by atoms with van der Waals surface area (Å²) < 4.78 is 0. The van der Waals surface area contributed by atoms with E-state index in [1.54, 1.807) is 19.0 Å². The van der Waals surface area contributed by atoms with E-state index in [1.807, 2.05) is 0 Å². The maximum atomic E-state index is 12.9. The highest BCUT2D eigenvalue weighted by molar-refractivity contribution is 5.79. The van der Waals surface area contributed by atoms with Crippen LogP contribution in [0.5, 0.6) is 0 Å². The van der Waals surface area contributed by atoms with Crippen molar-refractivity contribution in [2.24, 2.45) is 11.8 Å². The molecule has 0 N–H and O–H groups in total. The first kappa shape index (κ1) is 20.2. The molecule has 1 aliphatic carbocycles. The van der Waals surface area contributed by atoms with Gasteiger partial charge in [0.15, 0.2) is 0 Å². The molecule has 5 heteroatoms. The standard InChI is InChI=1S/C20H37N3O2/c1-4-5-7-17-8-10-18(11-9-17)20(25)23-13-6-12-22(14-15-23)16-19(24)21(2)3/h17-18H,4-16H2,1-3H3. The maximum absolute atomic E-state index is 12.9. The number of unbranched alkanes of at least 4 members (excludes halogenated alkanes) is 1. The van der Waals surface area contributed by atoms with Crippen LogP contribution >= 0.6 is 0 Å². The van der Waals surface area contributed by atoms with Crippen molar-refractivity contribution in [3.05, 3.63) is 0 Å².